The van der Waals surface area contributed by atoms with Crippen molar-refractivity contribution in [1.29, 1.82) is 0 Å². The number of esters is 1. The molecule has 5 unspecified atom stereocenters. The van der Waals surface area contributed by atoms with Gasteiger partial charge in [0.05, 0.1) is 25.0 Å². The number of carbonyl (C=O) groups is 8. The molecule has 1 heterocycles. The molecule has 9 atom stereocenters. The number of amides is 7. The molecule has 1 aliphatic rings. The van der Waals surface area contributed by atoms with E-state index in [4.69, 9.17) is 21.9 Å². The first-order chi connectivity index (χ1) is 31.2. The first-order valence-corrected chi connectivity index (χ1v) is 23.0. The zero-order valence-electron chi connectivity index (χ0n) is 39.0. The molecular weight excluding hydrogens is 857 g/mol. The molecule has 7 amide bonds. The van der Waals surface area contributed by atoms with Crippen molar-refractivity contribution >= 4 is 53.3 Å². The maximum Gasteiger partial charge on any atom is 0.328 e. The quantitative estimate of drug-likeness (QED) is 0.0298. The van der Waals surface area contributed by atoms with Crippen molar-refractivity contribution in [2.75, 3.05) is 6.54 Å². The van der Waals surface area contributed by atoms with Gasteiger partial charge in [-0.2, -0.15) is 0 Å². The van der Waals surface area contributed by atoms with Crippen LogP contribution in [0.25, 0.3) is 0 Å². The number of hydrogen-bond acceptors (Lipinski definition) is 12. The van der Waals surface area contributed by atoms with Gasteiger partial charge >= 0.3 is 5.97 Å². The van der Waals surface area contributed by atoms with E-state index in [0.29, 0.717) is 24.9 Å². The highest BCUT2D eigenvalue weighted by molar-refractivity contribution is 5.98. The van der Waals surface area contributed by atoms with E-state index in [9.17, 15) is 48.6 Å². The van der Waals surface area contributed by atoms with E-state index in [-0.39, 0.29) is 18.8 Å². The number of aliphatic hydroxyl groups excluding tert-OH is 2. The number of aliphatic imine (C=N–C) groups is 1. The van der Waals surface area contributed by atoms with E-state index in [2.05, 4.69) is 36.9 Å². The average Bonchev–Trinajstić information content (AvgIpc) is 3.24. The number of nitrogens with one attached hydrogen (secondary N) is 6. The van der Waals surface area contributed by atoms with Gasteiger partial charge in [0, 0.05) is 13.0 Å². The standard InChI is InChI=1S/C45H74N10O11/c1-26(2)36-41(62)51-32(23-30-19-15-14-16-20-30)40(61)55-37(28(4)56)42(63)52-33(25-34(46)58)39(60)50-27(3)44(65)66-29(5)38(43(64)54-36)53-35(59)24-31(57)21-17-12-10-8-6-7-9-11-13-18-22-49-45(47)48/h14-16,19-20,26-29,31-33,36-38,56-57H,6-13,17-18,21-25H2,1-5H3,(H2,46,58)(H,50,60)(H,51,62)(H,52,63)(H,53,59)(H,54,64)(H,55,61)(H4,47,48,49)/t27-,28-,29?,31?,32?,33-,36?,37-,38?/m1/s1. The molecule has 21 heteroatoms. The van der Waals surface area contributed by atoms with E-state index in [0.717, 1.165) is 57.8 Å². The summed E-state index contributed by atoms with van der Waals surface area (Å²) in [5.74, 6) is -8.16. The highest BCUT2D eigenvalue weighted by Gasteiger charge is 2.38. The highest BCUT2D eigenvalue weighted by Crippen LogP contribution is 2.15. The number of unbranched alkanes of at least 4 members (excludes halogenated alkanes) is 9. The molecule has 1 saturated heterocycles. The van der Waals surface area contributed by atoms with Gasteiger partial charge in [-0.25, -0.2) is 4.79 Å². The molecule has 1 aromatic rings. The van der Waals surface area contributed by atoms with E-state index >= 15 is 0 Å². The SMILES string of the molecule is CC(C)C1NC(=O)C(NC(=O)CC(O)CCCCCCCCCCCCN=C(N)N)C(C)OC(=O)[C@@H](C)NC(=O)[C@@H](CC(N)=O)NC(=O)[C@@H]([C@@H](C)O)NC(=O)C(Cc2ccccc2)NC1=O. The number of nitrogens with zero attached hydrogens (tertiary/aromatic N) is 1. The monoisotopic (exact) mass is 931 g/mol. The first-order valence-electron chi connectivity index (χ1n) is 23.0. The third-order valence-electron chi connectivity index (χ3n) is 11.0. The third-order valence-corrected chi connectivity index (χ3v) is 11.0. The molecule has 0 spiro atoms. The summed E-state index contributed by atoms with van der Waals surface area (Å²) in [4.78, 5) is 112. The van der Waals surface area contributed by atoms with Crippen LogP contribution >= 0.6 is 0 Å². The predicted octanol–water partition coefficient (Wildman–Crippen LogP) is -0.669. The fourth-order valence-electron chi connectivity index (χ4n) is 7.21. The second-order valence-corrected chi connectivity index (χ2v) is 17.3. The van der Waals surface area contributed by atoms with Crippen molar-refractivity contribution in [2.45, 2.75) is 179 Å². The lowest BCUT2D eigenvalue weighted by Crippen LogP contribution is -2.62. The molecule has 0 aromatic heterocycles. The summed E-state index contributed by atoms with van der Waals surface area (Å²) in [5, 5.41) is 36.2. The average molecular weight is 931 g/mol. The van der Waals surface area contributed by atoms with Crippen molar-refractivity contribution in [3.05, 3.63) is 35.9 Å². The third kappa shape index (κ3) is 21.4. The van der Waals surface area contributed by atoms with Crippen molar-refractivity contribution < 1.29 is 53.3 Å². The Morgan fingerprint density at radius 1 is 0.697 bits per heavy atom. The highest BCUT2D eigenvalue weighted by atomic mass is 16.5. The Morgan fingerprint density at radius 3 is 1.79 bits per heavy atom. The molecule has 370 valence electrons. The summed E-state index contributed by atoms with van der Waals surface area (Å²) in [6, 6.07) is -0.637. The number of cyclic esters (lactones) is 1. The van der Waals surface area contributed by atoms with Crippen LogP contribution in [0, 0.1) is 5.92 Å². The second-order valence-electron chi connectivity index (χ2n) is 17.3. The fourth-order valence-corrected chi connectivity index (χ4v) is 7.21. The molecule has 1 aromatic carbocycles. The molecule has 1 aliphatic heterocycles. The number of hydrogen-bond donors (Lipinski definition) is 11. The second kappa shape index (κ2) is 29.7. The summed E-state index contributed by atoms with van der Waals surface area (Å²) >= 11 is 0. The lowest BCUT2D eigenvalue weighted by Gasteiger charge is -2.30. The largest absolute Gasteiger partial charge is 0.458 e. The summed E-state index contributed by atoms with van der Waals surface area (Å²) in [7, 11) is 0. The number of ether oxygens (including phenoxy) is 1. The Balaban J connectivity index is 2.29. The minimum Gasteiger partial charge on any atom is -0.458 e. The number of guanidine groups is 1. The molecule has 14 N–H and O–H groups in total. The van der Waals surface area contributed by atoms with Gasteiger partial charge in [-0.3, -0.25) is 38.6 Å². The lowest BCUT2D eigenvalue weighted by atomic mass is 9.99. The van der Waals surface area contributed by atoms with Gasteiger partial charge in [0.1, 0.15) is 42.4 Å². The Bertz CT molecular complexity index is 1780. The van der Waals surface area contributed by atoms with Crippen LogP contribution in [0.2, 0.25) is 0 Å². The number of nitrogens with two attached hydrogens (primary N) is 3. The van der Waals surface area contributed by atoms with Crippen LogP contribution in [-0.2, 0) is 49.5 Å². The molecule has 21 nitrogen and oxygen atoms in total. The molecule has 0 saturated carbocycles. The van der Waals surface area contributed by atoms with Crippen LogP contribution in [0.3, 0.4) is 0 Å². The summed E-state index contributed by atoms with van der Waals surface area (Å²) in [6.45, 7) is 7.63. The fraction of sp³-hybridized carbons (Fsp3) is 0.667. The van der Waals surface area contributed by atoms with Crippen LogP contribution in [0.5, 0.6) is 0 Å². The predicted molar refractivity (Wildman–Crippen MR) is 245 cm³/mol. The van der Waals surface area contributed by atoms with Gasteiger partial charge in [-0.1, -0.05) is 102 Å². The minimum absolute atomic E-state index is 0.103. The Morgan fingerprint density at radius 2 is 1.23 bits per heavy atom. The molecule has 2 rings (SSSR count). The van der Waals surface area contributed by atoms with E-state index in [1.807, 2.05) is 0 Å². The lowest BCUT2D eigenvalue weighted by molar-refractivity contribution is -0.155. The first kappa shape index (κ1) is 56.3. The number of aliphatic hydroxyl groups is 2. The number of primary amides is 1. The van der Waals surface area contributed by atoms with E-state index in [1.165, 1.54) is 20.8 Å². The number of rotatable bonds is 22. The zero-order valence-corrected chi connectivity index (χ0v) is 39.0. The van der Waals surface area contributed by atoms with Crippen molar-refractivity contribution in [2.24, 2.45) is 28.1 Å². The smallest absolute Gasteiger partial charge is 0.328 e. The molecule has 1 fully saturated rings. The van der Waals surface area contributed by atoms with Gasteiger partial charge in [-0.05, 0) is 45.1 Å². The zero-order chi connectivity index (χ0) is 49.3. The van der Waals surface area contributed by atoms with Gasteiger partial charge in [0.15, 0.2) is 5.96 Å². The maximum absolute atomic E-state index is 14.1. The summed E-state index contributed by atoms with van der Waals surface area (Å²) < 4.78 is 5.56. The van der Waals surface area contributed by atoms with Gasteiger partial charge in [-0.15, -0.1) is 0 Å². The maximum atomic E-state index is 14.1. The Kier molecular flexibility index (Phi) is 25.3. The van der Waals surface area contributed by atoms with Crippen molar-refractivity contribution in [3.63, 3.8) is 0 Å². The number of benzene rings is 1. The van der Waals surface area contributed by atoms with Crippen LogP contribution in [0.4, 0.5) is 0 Å². The van der Waals surface area contributed by atoms with Crippen LogP contribution < -0.4 is 49.1 Å². The molecule has 0 aliphatic carbocycles. The Hall–Kier alpha value is -5.83. The van der Waals surface area contributed by atoms with Crippen LogP contribution in [-0.4, -0.2) is 125 Å². The topological polar surface area (TPSA) is 349 Å². The van der Waals surface area contributed by atoms with Crippen LogP contribution in [0.15, 0.2) is 35.3 Å². The van der Waals surface area contributed by atoms with E-state index < -0.39 is 114 Å². The molecule has 0 bridgehead atoms. The number of carbonyl (C=O) groups excluding carboxylic acids is 8. The van der Waals surface area contributed by atoms with Crippen LogP contribution in [0.1, 0.15) is 124 Å². The van der Waals surface area contributed by atoms with Gasteiger partial charge in [0.2, 0.25) is 41.4 Å². The summed E-state index contributed by atoms with van der Waals surface area (Å²) in [5.41, 5.74) is 16.6. The Labute approximate surface area is 387 Å². The van der Waals surface area contributed by atoms with E-state index in [1.54, 1.807) is 44.2 Å². The normalized spacial score (nSPS) is 23.5. The van der Waals surface area contributed by atoms with Crippen molar-refractivity contribution in [1.82, 2.24) is 31.9 Å². The molecular formula is C45H74N10O11. The molecule has 0 radical (unpaired) electrons. The summed E-state index contributed by atoms with van der Waals surface area (Å²) in [6.07, 6.45) is 5.09. The van der Waals surface area contributed by atoms with Gasteiger partial charge in [0.25, 0.3) is 0 Å². The van der Waals surface area contributed by atoms with Gasteiger partial charge < -0.3 is 64.1 Å². The van der Waals surface area contributed by atoms with Crippen molar-refractivity contribution in [3.8, 4) is 0 Å². The minimum atomic E-state index is -1.71. The molecule has 66 heavy (non-hydrogen) atoms.